The Hall–Kier alpha value is -0.460. The van der Waals surface area contributed by atoms with E-state index in [2.05, 4.69) is 6.58 Å². The molecule has 1 aliphatic rings. The molecule has 4 atom stereocenters. The molecule has 5 heteroatoms. The van der Waals surface area contributed by atoms with E-state index < -0.39 is 24.1 Å². The summed E-state index contributed by atoms with van der Waals surface area (Å²) < 4.78 is 10.2. The first kappa shape index (κ1) is 11.6. The second kappa shape index (κ2) is 4.37. The minimum absolute atomic E-state index is 0.214. The first-order chi connectivity index (χ1) is 6.54. The molecule has 1 rings (SSSR count). The second-order valence-corrected chi connectivity index (χ2v) is 3.48. The maximum absolute atomic E-state index is 9.81. The van der Waals surface area contributed by atoms with Crippen molar-refractivity contribution in [2.24, 2.45) is 0 Å². The number of rotatable bonds is 4. The van der Waals surface area contributed by atoms with Gasteiger partial charge < -0.3 is 24.8 Å². The predicted octanol–water partition coefficient (Wildman–Crippen LogP) is -0.982. The Labute approximate surface area is 82.6 Å². The zero-order valence-electron chi connectivity index (χ0n) is 8.09. The molecular formula is C9H16O5. The zero-order valence-corrected chi connectivity index (χ0v) is 8.09. The third-order valence-electron chi connectivity index (χ3n) is 2.27. The zero-order chi connectivity index (χ0) is 10.8. The van der Waals surface area contributed by atoms with Crippen LogP contribution in [0.15, 0.2) is 12.7 Å². The van der Waals surface area contributed by atoms with E-state index in [1.807, 2.05) is 0 Å². The number of aliphatic hydroxyl groups is 3. The molecule has 1 fully saturated rings. The molecule has 0 aromatic heterocycles. The third-order valence-corrected chi connectivity index (χ3v) is 2.27. The highest BCUT2D eigenvalue weighted by atomic mass is 16.7. The molecule has 82 valence electrons. The third kappa shape index (κ3) is 1.97. The SMILES string of the molecule is C=CCOC1O[C@H](CO)[C@@H](O)[C@@]1(C)O. The highest BCUT2D eigenvalue weighted by molar-refractivity contribution is 4.97. The molecule has 5 nitrogen and oxygen atoms in total. The Morgan fingerprint density at radius 3 is 2.71 bits per heavy atom. The van der Waals surface area contributed by atoms with Gasteiger partial charge in [0.15, 0.2) is 6.29 Å². The van der Waals surface area contributed by atoms with Crippen LogP contribution in [0.25, 0.3) is 0 Å². The van der Waals surface area contributed by atoms with Gasteiger partial charge in [-0.3, -0.25) is 0 Å². The summed E-state index contributed by atoms with van der Waals surface area (Å²) in [7, 11) is 0. The van der Waals surface area contributed by atoms with Crippen LogP contribution in [-0.4, -0.2) is 52.6 Å². The number of ether oxygens (including phenoxy) is 2. The fraction of sp³-hybridized carbons (Fsp3) is 0.778. The molecule has 14 heavy (non-hydrogen) atoms. The molecule has 0 radical (unpaired) electrons. The topological polar surface area (TPSA) is 79.2 Å². The molecule has 1 aliphatic heterocycles. The van der Waals surface area contributed by atoms with Gasteiger partial charge >= 0.3 is 0 Å². The van der Waals surface area contributed by atoms with Gasteiger partial charge in [-0.1, -0.05) is 6.08 Å². The summed E-state index contributed by atoms with van der Waals surface area (Å²) in [6.45, 7) is 4.72. The summed E-state index contributed by atoms with van der Waals surface area (Å²) >= 11 is 0. The van der Waals surface area contributed by atoms with Crippen LogP contribution < -0.4 is 0 Å². The van der Waals surface area contributed by atoms with Gasteiger partial charge in [0.05, 0.1) is 13.2 Å². The van der Waals surface area contributed by atoms with Crippen LogP contribution in [0, 0.1) is 0 Å². The minimum atomic E-state index is -1.50. The Balaban J connectivity index is 2.64. The van der Waals surface area contributed by atoms with Gasteiger partial charge in [0.25, 0.3) is 0 Å². The van der Waals surface area contributed by atoms with Gasteiger partial charge in [-0.05, 0) is 6.92 Å². The molecule has 0 aromatic carbocycles. The number of hydrogen-bond acceptors (Lipinski definition) is 5. The van der Waals surface area contributed by atoms with Gasteiger partial charge in [-0.15, -0.1) is 6.58 Å². The van der Waals surface area contributed by atoms with Crippen LogP contribution in [0.5, 0.6) is 0 Å². The fourth-order valence-corrected chi connectivity index (χ4v) is 1.39. The van der Waals surface area contributed by atoms with Crippen molar-refractivity contribution in [2.75, 3.05) is 13.2 Å². The van der Waals surface area contributed by atoms with Crippen LogP contribution >= 0.6 is 0 Å². The molecule has 3 N–H and O–H groups in total. The standard InChI is InChI=1S/C9H16O5/c1-3-4-13-8-9(2,12)7(11)6(5-10)14-8/h3,6-8,10-12H,1,4-5H2,2H3/t6-,7-,8?,9-/m1/s1. The summed E-state index contributed by atoms with van der Waals surface area (Å²) in [4.78, 5) is 0. The van der Waals surface area contributed by atoms with Crippen molar-refractivity contribution in [3.63, 3.8) is 0 Å². The molecule has 0 amide bonds. The predicted molar refractivity (Wildman–Crippen MR) is 48.5 cm³/mol. The van der Waals surface area contributed by atoms with Crippen molar-refractivity contribution in [1.29, 1.82) is 0 Å². The van der Waals surface area contributed by atoms with Crippen molar-refractivity contribution in [2.45, 2.75) is 31.0 Å². The van der Waals surface area contributed by atoms with Gasteiger partial charge in [-0.25, -0.2) is 0 Å². The monoisotopic (exact) mass is 204 g/mol. The van der Waals surface area contributed by atoms with Crippen molar-refractivity contribution < 1.29 is 24.8 Å². The summed E-state index contributed by atoms with van der Waals surface area (Å²) in [5.74, 6) is 0. The largest absolute Gasteiger partial charge is 0.394 e. The van der Waals surface area contributed by atoms with E-state index in [4.69, 9.17) is 14.6 Å². The molecule has 0 bridgehead atoms. The maximum atomic E-state index is 9.81. The van der Waals surface area contributed by atoms with E-state index in [9.17, 15) is 10.2 Å². The molecule has 1 heterocycles. The first-order valence-corrected chi connectivity index (χ1v) is 4.43. The highest BCUT2D eigenvalue weighted by Crippen LogP contribution is 2.31. The first-order valence-electron chi connectivity index (χ1n) is 4.43. The van der Waals surface area contributed by atoms with E-state index in [-0.39, 0.29) is 13.2 Å². The summed E-state index contributed by atoms with van der Waals surface area (Å²) in [6, 6.07) is 0. The minimum Gasteiger partial charge on any atom is -0.394 e. The Morgan fingerprint density at radius 2 is 2.29 bits per heavy atom. The van der Waals surface area contributed by atoms with Crippen LogP contribution in [0.4, 0.5) is 0 Å². The number of aliphatic hydroxyl groups excluding tert-OH is 2. The Morgan fingerprint density at radius 1 is 1.64 bits per heavy atom. The van der Waals surface area contributed by atoms with Gasteiger partial charge in [-0.2, -0.15) is 0 Å². The van der Waals surface area contributed by atoms with E-state index in [1.165, 1.54) is 13.0 Å². The summed E-state index contributed by atoms with van der Waals surface area (Å²) in [5, 5.41) is 28.2. The molecule has 1 saturated heterocycles. The lowest BCUT2D eigenvalue weighted by molar-refractivity contribution is -0.195. The van der Waals surface area contributed by atoms with Crippen LogP contribution in [0.1, 0.15) is 6.92 Å². The Kier molecular flexibility index (Phi) is 3.63. The van der Waals surface area contributed by atoms with Crippen LogP contribution in [0.3, 0.4) is 0 Å². The van der Waals surface area contributed by atoms with Gasteiger partial charge in [0, 0.05) is 0 Å². The maximum Gasteiger partial charge on any atom is 0.189 e. The lowest BCUT2D eigenvalue weighted by Gasteiger charge is -2.25. The van der Waals surface area contributed by atoms with Crippen molar-refractivity contribution in [3.8, 4) is 0 Å². The van der Waals surface area contributed by atoms with Crippen LogP contribution in [-0.2, 0) is 9.47 Å². The van der Waals surface area contributed by atoms with Crippen molar-refractivity contribution in [3.05, 3.63) is 12.7 Å². The van der Waals surface area contributed by atoms with Crippen molar-refractivity contribution in [1.82, 2.24) is 0 Å². The average Bonchev–Trinajstić information content (AvgIpc) is 2.37. The molecule has 0 saturated carbocycles. The molecule has 0 spiro atoms. The lowest BCUT2D eigenvalue weighted by Crippen LogP contribution is -2.46. The van der Waals surface area contributed by atoms with Gasteiger partial charge in [0.1, 0.15) is 17.8 Å². The van der Waals surface area contributed by atoms with Gasteiger partial charge in [0.2, 0.25) is 0 Å². The smallest absolute Gasteiger partial charge is 0.189 e. The summed E-state index contributed by atoms with van der Waals surface area (Å²) in [6.07, 6.45) is -1.38. The molecular weight excluding hydrogens is 188 g/mol. The van der Waals surface area contributed by atoms with Crippen molar-refractivity contribution >= 4 is 0 Å². The van der Waals surface area contributed by atoms with E-state index in [0.717, 1.165) is 0 Å². The molecule has 0 aliphatic carbocycles. The number of hydrogen-bond donors (Lipinski definition) is 3. The lowest BCUT2D eigenvalue weighted by atomic mass is 9.98. The normalized spacial score (nSPS) is 42.7. The van der Waals surface area contributed by atoms with Crippen LogP contribution in [0.2, 0.25) is 0 Å². The second-order valence-electron chi connectivity index (χ2n) is 3.48. The fourth-order valence-electron chi connectivity index (χ4n) is 1.39. The van der Waals surface area contributed by atoms with E-state index >= 15 is 0 Å². The highest BCUT2D eigenvalue weighted by Gasteiger charge is 2.52. The summed E-state index contributed by atoms with van der Waals surface area (Å²) in [5.41, 5.74) is -1.50. The average molecular weight is 204 g/mol. The Bertz CT molecular complexity index is 203. The molecule has 1 unspecified atom stereocenters. The molecule has 0 aromatic rings. The van der Waals surface area contributed by atoms with E-state index in [1.54, 1.807) is 0 Å². The van der Waals surface area contributed by atoms with E-state index in [0.29, 0.717) is 0 Å². The quantitative estimate of drug-likeness (QED) is 0.513.